The van der Waals surface area contributed by atoms with Gasteiger partial charge in [-0.15, -0.1) is 18.3 Å². The lowest BCUT2D eigenvalue weighted by molar-refractivity contribution is -0.274. The number of nitrogens with zero attached hydrogens (tertiary/aromatic N) is 3. The van der Waals surface area contributed by atoms with Crippen LogP contribution >= 0.6 is 11.6 Å². The van der Waals surface area contributed by atoms with Crippen molar-refractivity contribution >= 4 is 23.8 Å². The maximum atomic E-state index is 12.3. The topological polar surface area (TPSA) is 66.2 Å². The van der Waals surface area contributed by atoms with E-state index in [1.165, 1.54) is 23.3 Å². The fourth-order valence-electron chi connectivity index (χ4n) is 1.77. The monoisotopic (exact) mass is 375 g/mol. The number of rotatable bonds is 5. The molecule has 1 aromatic heterocycles. The van der Waals surface area contributed by atoms with Crippen molar-refractivity contribution in [1.29, 1.82) is 0 Å². The molecular weight excluding hydrogens is 363 g/mol. The van der Waals surface area contributed by atoms with Gasteiger partial charge in [0.25, 0.3) is 0 Å². The number of carbonyl (C=O) groups excluding carboxylic acids is 1. The van der Waals surface area contributed by atoms with Gasteiger partial charge in [0.05, 0.1) is 6.10 Å². The Morgan fingerprint density at radius 1 is 1.32 bits per heavy atom. The summed E-state index contributed by atoms with van der Waals surface area (Å²) in [5.74, 6) is -0.936. The molecule has 0 aliphatic heterocycles. The molecule has 1 aromatic carbocycles. The molecule has 0 spiro atoms. The summed E-state index contributed by atoms with van der Waals surface area (Å²) >= 11 is 5.80. The van der Waals surface area contributed by atoms with Crippen LogP contribution in [0.5, 0.6) is 5.75 Å². The molecule has 0 saturated heterocycles. The van der Waals surface area contributed by atoms with E-state index in [-0.39, 0.29) is 22.5 Å². The summed E-state index contributed by atoms with van der Waals surface area (Å²) in [5, 5.41) is 4.06. The van der Waals surface area contributed by atoms with E-state index >= 15 is 0 Å². The van der Waals surface area contributed by atoms with Gasteiger partial charge in [0, 0.05) is 22.9 Å². The van der Waals surface area contributed by atoms with Gasteiger partial charge in [-0.1, -0.05) is 11.6 Å². The van der Waals surface area contributed by atoms with Crippen molar-refractivity contribution in [3.05, 3.63) is 35.6 Å². The van der Waals surface area contributed by atoms with Crippen LogP contribution in [0.3, 0.4) is 0 Å². The Bertz CT molecular complexity index is 788. The van der Waals surface area contributed by atoms with E-state index in [1.807, 2.05) is 0 Å². The van der Waals surface area contributed by atoms with Gasteiger partial charge in [-0.2, -0.15) is 0 Å². The van der Waals surface area contributed by atoms with Crippen LogP contribution < -0.4 is 4.74 Å². The van der Waals surface area contributed by atoms with Crippen molar-refractivity contribution < 1.29 is 27.4 Å². The van der Waals surface area contributed by atoms with Gasteiger partial charge >= 0.3 is 12.3 Å². The molecule has 0 radical (unpaired) electrons. The second-order valence-corrected chi connectivity index (χ2v) is 5.51. The van der Waals surface area contributed by atoms with E-state index < -0.39 is 18.1 Å². The van der Waals surface area contributed by atoms with Crippen molar-refractivity contribution in [2.45, 2.75) is 26.3 Å². The van der Waals surface area contributed by atoms with E-state index in [9.17, 15) is 18.0 Å². The molecule has 6 nitrogen and oxygen atoms in total. The third-order valence-corrected chi connectivity index (χ3v) is 2.81. The highest BCUT2D eigenvalue weighted by Crippen LogP contribution is 2.30. The van der Waals surface area contributed by atoms with Crippen LogP contribution in [0.1, 0.15) is 13.8 Å². The molecule has 10 heteroatoms. The van der Waals surface area contributed by atoms with Crippen LogP contribution in [-0.4, -0.2) is 33.2 Å². The minimum atomic E-state index is -4.84. The zero-order valence-electron chi connectivity index (χ0n) is 13.1. The Kier molecular flexibility index (Phi) is 5.68. The zero-order chi connectivity index (χ0) is 18.6. The normalized spacial score (nSPS) is 12.0. The molecule has 0 aliphatic carbocycles. The first kappa shape index (κ1) is 18.8. The van der Waals surface area contributed by atoms with Crippen LogP contribution in [0.15, 0.2) is 30.6 Å². The maximum Gasteiger partial charge on any atom is 0.573 e. The SMILES string of the molecule is CC(C)OC(=O)/C=C/n1cnc(-c2cc(Cl)cc(OC(F)(F)F)c2)n1. The van der Waals surface area contributed by atoms with E-state index in [0.717, 1.165) is 18.2 Å². The second-order valence-electron chi connectivity index (χ2n) is 5.07. The smallest absolute Gasteiger partial charge is 0.460 e. The average Bonchev–Trinajstić information content (AvgIpc) is 2.90. The van der Waals surface area contributed by atoms with Gasteiger partial charge in [-0.3, -0.25) is 0 Å². The fraction of sp³-hybridized carbons (Fsp3) is 0.267. The van der Waals surface area contributed by atoms with Crippen molar-refractivity contribution in [2.24, 2.45) is 0 Å². The maximum absolute atomic E-state index is 12.3. The molecule has 1 heterocycles. The van der Waals surface area contributed by atoms with Gasteiger partial charge < -0.3 is 9.47 Å². The summed E-state index contributed by atoms with van der Waals surface area (Å²) < 4.78 is 46.9. The summed E-state index contributed by atoms with van der Waals surface area (Å²) in [6.07, 6.45) is -1.37. The Balaban J connectivity index is 2.19. The largest absolute Gasteiger partial charge is 0.573 e. The molecule has 0 saturated carbocycles. The lowest BCUT2D eigenvalue weighted by Gasteiger charge is -2.09. The van der Waals surface area contributed by atoms with E-state index in [4.69, 9.17) is 16.3 Å². The second kappa shape index (κ2) is 7.56. The average molecular weight is 376 g/mol. The first-order valence-electron chi connectivity index (χ1n) is 6.99. The summed E-state index contributed by atoms with van der Waals surface area (Å²) in [4.78, 5) is 15.4. The minimum absolute atomic E-state index is 0.0316. The standard InChI is InChI=1S/C15H13ClF3N3O3/c1-9(2)24-13(23)3-4-22-8-20-14(21-22)10-5-11(16)7-12(6-10)25-15(17,18)19/h3-9H,1-2H3/b4-3+. The number of benzene rings is 1. The predicted molar refractivity (Wildman–Crippen MR) is 83.7 cm³/mol. The predicted octanol–water partition coefficient (Wildman–Crippen LogP) is 3.92. The van der Waals surface area contributed by atoms with Crippen molar-refractivity contribution in [1.82, 2.24) is 14.8 Å². The first-order valence-corrected chi connectivity index (χ1v) is 7.37. The van der Waals surface area contributed by atoms with Crippen LogP contribution in [0.4, 0.5) is 13.2 Å². The molecule has 0 unspecified atom stereocenters. The van der Waals surface area contributed by atoms with Crippen molar-refractivity contribution in [2.75, 3.05) is 0 Å². The summed E-state index contributed by atoms with van der Waals surface area (Å²) in [7, 11) is 0. The minimum Gasteiger partial charge on any atom is -0.460 e. The van der Waals surface area contributed by atoms with Crippen LogP contribution in [-0.2, 0) is 9.53 Å². The fourth-order valence-corrected chi connectivity index (χ4v) is 2.00. The summed E-state index contributed by atoms with van der Waals surface area (Å²) in [6.45, 7) is 3.41. The third kappa shape index (κ3) is 6.11. The highest BCUT2D eigenvalue weighted by Gasteiger charge is 2.31. The number of esters is 1. The van der Waals surface area contributed by atoms with Gasteiger partial charge in [-0.05, 0) is 32.0 Å². The van der Waals surface area contributed by atoms with Gasteiger partial charge in [0.2, 0.25) is 0 Å². The first-order chi connectivity index (χ1) is 11.6. The van der Waals surface area contributed by atoms with Crippen LogP contribution in [0, 0.1) is 0 Å². The van der Waals surface area contributed by atoms with Gasteiger partial charge in [0.15, 0.2) is 5.82 Å². The third-order valence-electron chi connectivity index (χ3n) is 2.59. The Hall–Kier alpha value is -2.55. The number of hydrogen-bond donors (Lipinski definition) is 0. The summed E-state index contributed by atoms with van der Waals surface area (Å²) in [6, 6.07) is 3.52. The van der Waals surface area contributed by atoms with Crippen LogP contribution in [0.2, 0.25) is 5.02 Å². The Labute approximate surface area is 145 Å². The zero-order valence-corrected chi connectivity index (χ0v) is 13.9. The molecule has 0 amide bonds. The molecule has 0 N–H and O–H groups in total. The van der Waals surface area contributed by atoms with E-state index in [1.54, 1.807) is 13.8 Å². The number of carbonyl (C=O) groups is 1. The lowest BCUT2D eigenvalue weighted by atomic mass is 10.2. The quantitative estimate of drug-likeness (QED) is 0.585. The Morgan fingerprint density at radius 2 is 2.04 bits per heavy atom. The molecule has 2 aromatic rings. The van der Waals surface area contributed by atoms with Gasteiger partial charge in [-0.25, -0.2) is 14.5 Å². The molecular formula is C15H13ClF3N3O3. The molecule has 0 fully saturated rings. The van der Waals surface area contributed by atoms with Crippen molar-refractivity contribution in [3.63, 3.8) is 0 Å². The Morgan fingerprint density at radius 3 is 2.68 bits per heavy atom. The molecule has 0 atom stereocenters. The highest BCUT2D eigenvalue weighted by atomic mass is 35.5. The van der Waals surface area contributed by atoms with Crippen LogP contribution in [0.25, 0.3) is 17.6 Å². The van der Waals surface area contributed by atoms with Gasteiger partial charge in [0.1, 0.15) is 12.1 Å². The number of alkyl halides is 3. The highest BCUT2D eigenvalue weighted by molar-refractivity contribution is 6.31. The number of halogens is 4. The lowest BCUT2D eigenvalue weighted by Crippen LogP contribution is -2.17. The number of aromatic nitrogens is 3. The number of ether oxygens (including phenoxy) is 2. The van der Waals surface area contributed by atoms with E-state index in [0.29, 0.717) is 0 Å². The molecule has 2 rings (SSSR count). The molecule has 0 bridgehead atoms. The number of hydrogen-bond acceptors (Lipinski definition) is 5. The summed E-state index contributed by atoms with van der Waals surface area (Å²) in [5.41, 5.74) is 0.226. The molecule has 134 valence electrons. The van der Waals surface area contributed by atoms with Crippen molar-refractivity contribution in [3.8, 4) is 17.1 Å². The van der Waals surface area contributed by atoms with E-state index in [2.05, 4.69) is 14.8 Å². The molecule has 0 aliphatic rings. The molecule has 25 heavy (non-hydrogen) atoms.